The van der Waals surface area contributed by atoms with Crippen molar-refractivity contribution in [1.82, 2.24) is 19.0 Å². The molecule has 1 aromatic rings. The summed E-state index contributed by atoms with van der Waals surface area (Å²) in [4.78, 5) is 19.5. The quantitative estimate of drug-likeness (QED) is 0.569. The van der Waals surface area contributed by atoms with Crippen LogP contribution < -0.4 is 4.72 Å². The predicted molar refractivity (Wildman–Crippen MR) is 142 cm³/mol. The highest BCUT2D eigenvalue weighted by Crippen LogP contribution is 2.29. The minimum Gasteiger partial charge on any atom is -0.378 e. The molecule has 10 heteroatoms. The van der Waals surface area contributed by atoms with Crippen molar-refractivity contribution < 1.29 is 17.9 Å². The predicted octanol–water partition coefficient (Wildman–Crippen LogP) is 2.64. The standard InChI is InChI=1S/C26H43N5O4S/c1-4-11-31(20-21-9-12-29(13-10-21)26(32)30-14-16-35-17-15-30)25-8-6-22-5-7-24(18-23(22)19-25)27-36(33,34)28(2)3/h5,7,18,21,25,27H,4,6,8-17,19-20H2,1-3H3. The van der Waals surface area contributed by atoms with Crippen LogP contribution in [0, 0.1) is 5.92 Å². The van der Waals surface area contributed by atoms with E-state index in [1.807, 2.05) is 21.9 Å². The number of urea groups is 1. The molecule has 2 aliphatic heterocycles. The van der Waals surface area contributed by atoms with Gasteiger partial charge < -0.3 is 14.5 Å². The number of hydrogen-bond donors (Lipinski definition) is 1. The highest BCUT2D eigenvalue weighted by Gasteiger charge is 2.31. The lowest BCUT2D eigenvalue weighted by atomic mass is 9.86. The molecule has 9 nitrogen and oxygen atoms in total. The Morgan fingerprint density at radius 3 is 2.42 bits per heavy atom. The van der Waals surface area contributed by atoms with E-state index in [1.165, 1.54) is 29.5 Å². The van der Waals surface area contributed by atoms with E-state index < -0.39 is 10.2 Å². The van der Waals surface area contributed by atoms with E-state index in [4.69, 9.17) is 4.74 Å². The molecular weight excluding hydrogens is 478 g/mol. The third-order valence-corrected chi connectivity index (χ3v) is 9.28. The molecule has 0 saturated carbocycles. The van der Waals surface area contributed by atoms with Crippen LogP contribution in [0.25, 0.3) is 0 Å². The number of rotatable bonds is 8. The Bertz CT molecular complexity index is 988. The molecule has 4 rings (SSSR count). The van der Waals surface area contributed by atoms with E-state index in [1.54, 1.807) is 0 Å². The van der Waals surface area contributed by atoms with Gasteiger partial charge in [0.2, 0.25) is 0 Å². The molecule has 3 aliphatic rings. The normalized spacial score (nSPS) is 21.6. The van der Waals surface area contributed by atoms with Crippen LogP contribution in [0.3, 0.4) is 0 Å². The number of amides is 2. The van der Waals surface area contributed by atoms with Crippen LogP contribution in [0.1, 0.15) is 43.7 Å². The van der Waals surface area contributed by atoms with Gasteiger partial charge >= 0.3 is 16.2 Å². The molecule has 2 amide bonds. The van der Waals surface area contributed by atoms with E-state index >= 15 is 0 Å². The van der Waals surface area contributed by atoms with Crippen LogP contribution in [-0.2, 0) is 27.8 Å². The molecule has 202 valence electrons. The Balaban J connectivity index is 1.34. The molecule has 1 atom stereocenters. The fourth-order valence-electron chi connectivity index (χ4n) is 5.66. The van der Waals surface area contributed by atoms with Gasteiger partial charge in [0.1, 0.15) is 0 Å². The van der Waals surface area contributed by atoms with E-state index in [9.17, 15) is 13.2 Å². The summed E-state index contributed by atoms with van der Waals surface area (Å²) in [6.07, 6.45) is 6.31. The van der Waals surface area contributed by atoms with Gasteiger partial charge in [-0.3, -0.25) is 9.62 Å². The molecule has 0 aromatic heterocycles. The topological polar surface area (TPSA) is 85.4 Å². The Hall–Kier alpha value is -1.88. The lowest BCUT2D eigenvalue weighted by molar-refractivity contribution is 0.0383. The van der Waals surface area contributed by atoms with E-state index in [2.05, 4.69) is 22.6 Å². The summed E-state index contributed by atoms with van der Waals surface area (Å²) >= 11 is 0. The molecule has 1 unspecified atom stereocenters. The molecule has 36 heavy (non-hydrogen) atoms. The summed E-state index contributed by atoms with van der Waals surface area (Å²) < 4.78 is 33.8. The van der Waals surface area contributed by atoms with Crippen molar-refractivity contribution in [1.29, 1.82) is 0 Å². The number of hydrogen-bond acceptors (Lipinski definition) is 5. The van der Waals surface area contributed by atoms with Gasteiger partial charge in [0.05, 0.1) is 18.9 Å². The van der Waals surface area contributed by atoms with Crippen molar-refractivity contribution in [2.75, 3.05) is 71.3 Å². The first-order valence-electron chi connectivity index (χ1n) is 13.4. The summed E-state index contributed by atoms with van der Waals surface area (Å²) in [5, 5.41) is 0. The summed E-state index contributed by atoms with van der Waals surface area (Å²) in [6.45, 7) is 8.73. The number of benzene rings is 1. The molecule has 0 spiro atoms. The number of carbonyl (C=O) groups is 1. The number of piperidine rings is 1. The summed E-state index contributed by atoms with van der Waals surface area (Å²) in [7, 11) is -0.457. The number of likely N-dealkylation sites (tertiary alicyclic amines) is 1. The number of nitrogens with zero attached hydrogens (tertiary/aromatic N) is 4. The zero-order valence-electron chi connectivity index (χ0n) is 22.1. The first-order valence-corrected chi connectivity index (χ1v) is 14.9. The van der Waals surface area contributed by atoms with Gasteiger partial charge in [-0.1, -0.05) is 13.0 Å². The zero-order chi connectivity index (χ0) is 25.7. The second-order valence-electron chi connectivity index (χ2n) is 10.6. The van der Waals surface area contributed by atoms with Crippen molar-refractivity contribution in [3.8, 4) is 0 Å². The van der Waals surface area contributed by atoms with Crippen LogP contribution >= 0.6 is 0 Å². The highest BCUT2D eigenvalue weighted by molar-refractivity contribution is 7.90. The second kappa shape index (κ2) is 12.1. The lowest BCUT2D eigenvalue weighted by Gasteiger charge is -2.41. The molecule has 1 N–H and O–H groups in total. The lowest BCUT2D eigenvalue weighted by Crippen LogP contribution is -2.51. The maximum absolute atomic E-state index is 12.8. The SMILES string of the molecule is CCCN(CC1CCN(C(=O)N2CCOCC2)CC1)C1CCc2ccc(NS(=O)(=O)N(C)C)cc2C1. The molecule has 2 saturated heterocycles. The fourth-order valence-corrected chi connectivity index (χ4v) is 6.26. The van der Waals surface area contributed by atoms with E-state index in [0.29, 0.717) is 44.0 Å². The highest BCUT2D eigenvalue weighted by atomic mass is 32.2. The van der Waals surface area contributed by atoms with Crippen LogP contribution in [0.5, 0.6) is 0 Å². The van der Waals surface area contributed by atoms with Gasteiger partial charge in [0, 0.05) is 52.9 Å². The molecule has 1 aliphatic carbocycles. The molecule has 2 heterocycles. The smallest absolute Gasteiger partial charge is 0.320 e. The fraction of sp³-hybridized carbons (Fsp3) is 0.731. The first kappa shape index (κ1) is 27.2. The van der Waals surface area contributed by atoms with Crippen molar-refractivity contribution in [2.45, 2.75) is 51.5 Å². The van der Waals surface area contributed by atoms with Gasteiger partial charge in [0.15, 0.2) is 0 Å². The maximum atomic E-state index is 12.8. The minimum atomic E-state index is -3.52. The number of nitrogens with one attached hydrogen (secondary N) is 1. The zero-order valence-corrected chi connectivity index (χ0v) is 22.9. The van der Waals surface area contributed by atoms with Crippen molar-refractivity contribution in [3.05, 3.63) is 29.3 Å². The van der Waals surface area contributed by atoms with Gasteiger partial charge in [0.25, 0.3) is 0 Å². The molecule has 1 aromatic carbocycles. The number of aryl methyl sites for hydroxylation is 1. The van der Waals surface area contributed by atoms with Crippen LogP contribution in [-0.4, -0.2) is 106 Å². The first-order chi connectivity index (χ1) is 17.3. The number of anilines is 1. The maximum Gasteiger partial charge on any atom is 0.320 e. The van der Waals surface area contributed by atoms with Gasteiger partial charge in [-0.2, -0.15) is 12.7 Å². The Morgan fingerprint density at radius 1 is 1.06 bits per heavy atom. The molecule has 0 radical (unpaired) electrons. The molecule has 2 fully saturated rings. The number of ether oxygens (including phenoxy) is 1. The van der Waals surface area contributed by atoms with Crippen molar-refractivity contribution in [2.24, 2.45) is 5.92 Å². The molecule has 0 bridgehead atoms. The average molecular weight is 522 g/mol. The Kier molecular flexibility index (Phi) is 9.14. The van der Waals surface area contributed by atoms with E-state index in [-0.39, 0.29) is 6.03 Å². The van der Waals surface area contributed by atoms with Gasteiger partial charge in [-0.15, -0.1) is 0 Å². The summed E-state index contributed by atoms with van der Waals surface area (Å²) in [5.41, 5.74) is 3.20. The van der Waals surface area contributed by atoms with Crippen molar-refractivity contribution >= 4 is 21.9 Å². The van der Waals surface area contributed by atoms with Crippen LogP contribution in [0.15, 0.2) is 18.2 Å². The number of fused-ring (bicyclic) bond motifs is 1. The minimum absolute atomic E-state index is 0.173. The monoisotopic (exact) mass is 521 g/mol. The second-order valence-corrected chi connectivity index (χ2v) is 12.5. The number of carbonyl (C=O) groups excluding carboxylic acids is 1. The van der Waals surface area contributed by atoms with E-state index in [0.717, 1.165) is 64.7 Å². The summed E-state index contributed by atoms with van der Waals surface area (Å²) in [6, 6.07) is 6.60. The Morgan fingerprint density at radius 2 is 1.75 bits per heavy atom. The summed E-state index contributed by atoms with van der Waals surface area (Å²) in [5.74, 6) is 0.602. The van der Waals surface area contributed by atoms with Gasteiger partial charge in [-0.25, -0.2) is 4.79 Å². The van der Waals surface area contributed by atoms with Gasteiger partial charge in [-0.05, 0) is 74.2 Å². The van der Waals surface area contributed by atoms with Crippen LogP contribution in [0.2, 0.25) is 0 Å². The van der Waals surface area contributed by atoms with Crippen LogP contribution in [0.4, 0.5) is 10.5 Å². The molecular formula is C26H43N5O4S. The third kappa shape index (κ3) is 6.70. The number of morpholine rings is 1. The Labute approximate surface area is 216 Å². The van der Waals surface area contributed by atoms with Crippen molar-refractivity contribution in [3.63, 3.8) is 0 Å². The third-order valence-electron chi connectivity index (χ3n) is 7.82. The largest absolute Gasteiger partial charge is 0.378 e. The average Bonchev–Trinajstić information content (AvgIpc) is 2.88.